The molecular formula is C18H29FN2O2. The van der Waals surface area contributed by atoms with Gasteiger partial charge in [0.2, 0.25) is 0 Å². The predicted octanol–water partition coefficient (Wildman–Crippen LogP) is 1.99. The molecule has 2 N–H and O–H groups in total. The van der Waals surface area contributed by atoms with Gasteiger partial charge >= 0.3 is 0 Å². The molecule has 2 rings (SSSR count). The zero-order chi connectivity index (χ0) is 16.7. The fraction of sp³-hybridized carbons (Fsp3) is 0.667. The Kier molecular flexibility index (Phi) is 7.43. The summed E-state index contributed by atoms with van der Waals surface area (Å²) in [4.78, 5) is 2.30. The predicted molar refractivity (Wildman–Crippen MR) is 90.2 cm³/mol. The fourth-order valence-electron chi connectivity index (χ4n) is 3.12. The first-order chi connectivity index (χ1) is 11.1. The average molecular weight is 324 g/mol. The third-order valence-corrected chi connectivity index (χ3v) is 4.57. The van der Waals surface area contributed by atoms with E-state index in [9.17, 15) is 9.50 Å². The van der Waals surface area contributed by atoms with Crippen molar-refractivity contribution < 1.29 is 14.2 Å². The van der Waals surface area contributed by atoms with E-state index >= 15 is 0 Å². The highest BCUT2D eigenvalue weighted by Crippen LogP contribution is 2.16. The molecule has 0 bridgehead atoms. The van der Waals surface area contributed by atoms with Crippen molar-refractivity contribution in [1.82, 2.24) is 10.2 Å². The molecule has 1 aliphatic heterocycles. The number of benzene rings is 1. The molecule has 0 amide bonds. The number of nitrogens with one attached hydrogen (secondary N) is 1. The van der Waals surface area contributed by atoms with Crippen molar-refractivity contribution in [2.75, 3.05) is 39.9 Å². The van der Waals surface area contributed by atoms with Crippen LogP contribution in [0.15, 0.2) is 24.3 Å². The van der Waals surface area contributed by atoms with Crippen molar-refractivity contribution in [3.8, 4) is 0 Å². The lowest BCUT2D eigenvalue weighted by molar-refractivity contribution is 0.0311. The fourth-order valence-corrected chi connectivity index (χ4v) is 3.12. The Morgan fingerprint density at radius 1 is 1.30 bits per heavy atom. The van der Waals surface area contributed by atoms with Crippen LogP contribution in [0.5, 0.6) is 0 Å². The van der Waals surface area contributed by atoms with E-state index in [1.807, 2.05) is 12.1 Å². The second kappa shape index (κ2) is 9.33. The van der Waals surface area contributed by atoms with Crippen molar-refractivity contribution in [2.45, 2.75) is 37.8 Å². The number of likely N-dealkylation sites (tertiary alicyclic amines) is 1. The Hall–Kier alpha value is -1.01. The van der Waals surface area contributed by atoms with E-state index in [1.54, 1.807) is 7.11 Å². The number of piperidine rings is 1. The van der Waals surface area contributed by atoms with Gasteiger partial charge in [0.1, 0.15) is 5.82 Å². The van der Waals surface area contributed by atoms with Crippen LogP contribution in [0.4, 0.5) is 4.39 Å². The van der Waals surface area contributed by atoms with Crippen molar-refractivity contribution >= 4 is 0 Å². The van der Waals surface area contributed by atoms with Crippen molar-refractivity contribution in [2.24, 2.45) is 0 Å². The molecule has 1 saturated heterocycles. The number of hydrogen-bond donors (Lipinski definition) is 2. The number of aliphatic hydroxyl groups excluding tert-OH is 1. The van der Waals surface area contributed by atoms with Gasteiger partial charge in [-0.05, 0) is 49.5 Å². The Morgan fingerprint density at radius 3 is 2.57 bits per heavy atom. The summed E-state index contributed by atoms with van der Waals surface area (Å²) in [6.07, 6.45) is 1.79. The molecule has 4 nitrogen and oxygen atoms in total. The Balaban J connectivity index is 1.67. The van der Waals surface area contributed by atoms with E-state index in [4.69, 9.17) is 4.74 Å². The standard InChI is InChI=1S/C18H29FN2O2/c1-14(15-3-5-16(19)6-4-15)11-20-17-7-9-21(10-8-17)12-18(22)13-23-2/h3-6,14,17-18,20,22H,7-13H2,1-2H3. The molecule has 130 valence electrons. The number of rotatable bonds is 8. The van der Waals surface area contributed by atoms with Gasteiger partial charge in [-0.15, -0.1) is 0 Å². The molecular weight excluding hydrogens is 295 g/mol. The third kappa shape index (κ3) is 6.18. The molecule has 1 heterocycles. The quantitative estimate of drug-likeness (QED) is 0.768. The minimum absolute atomic E-state index is 0.183. The van der Waals surface area contributed by atoms with Crippen LogP contribution in [-0.4, -0.2) is 62.0 Å². The Bertz CT molecular complexity index is 447. The molecule has 0 aromatic heterocycles. The molecule has 1 aliphatic rings. The molecule has 0 saturated carbocycles. The van der Waals surface area contributed by atoms with Crippen LogP contribution in [-0.2, 0) is 4.74 Å². The molecule has 5 heteroatoms. The first kappa shape index (κ1) is 18.3. The summed E-state index contributed by atoms with van der Waals surface area (Å²) in [5.74, 6) is 0.189. The van der Waals surface area contributed by atoms with Gasteiger partial charge in [-0.3, -0.25) is 0 Å². The van der Waals surface area contributed by atoms with E-state index in [2.05, 4.69) is 17.1 Å². The minimum atomic E-state index is -0.400. The number of methoxy groups -OCH3 is 1. The van der Waals surface area contributed by atoms with Crippen LogP contribution in [0.3, 0.4) is 0 Å². The highest BCUT2D eigenvalue weighted by molar-refractivity contribution is 5.20. The third-order valence-electron chi connectivity index (χ3n) is 4.57. The second-order valence-electron chi connectivity index (χ2n) is 6.54. The highest BCUT2D eigenvalue weighted by Gasteiger charge is 2.21. The maximum atomic E-state index is 13.0. The average Bonchev–Trinajstić information content (AvgIpc) is 2.55. The van der Waals surface area contributed by atoms with Gasteiger partial charge in [0.15, 0.2) is 0 Å². The normalized spacial score (nSPS) is 19.7. The van der Waals surface area contributed by atoms with Crippen LogP contribution >= 0.6 is 0 Å². The van der Waals surface area contributed by atoms with Crippen molar-refractivity contribution in [1.29, 1.82) is 0 Å². The summed E-state index contributed by atoms with van der Waals surface area (Å²) in [6, 6.07) is 7.29. The van der Waals surface area contributed by atoms with E-state index in [-0.39, 0.29) is 5.82 Å². The molecule has 0 aliphatic carbocycles. The molecule has 2 atom stereocenters. The maximum Gasteiger partial charge on any atom is 0.123 e. The first-order valence-corrected chi connectivity index (χ1v) is 8.46. The number of aliphatic hydroxyl groups is 1. The molecule has 23 heavy (non-hydrogen) atoms. The Labute approximate surface area is 138 Å². The van der Waals surface area contributed by atoms with Gasteiger partial charge in [-0.1, -0.05) is 19.1 Å². The summed E-state index contributed by atoms with van der Waals surface area (Å²) in [5, 5.41) is 13.4. The van der Waals surface area contributed by atoms with Crippen LogP contribution in [0.2, 0.25) is 0 Å². The summed E-state index contributed by atoms with van der Waals surface area (Å²) >= 11 is 0. The summed E-state index contributed by atoms with van der Waals surface area (Å²) in [6.45, 7) is 6.16. The van der Waals surface area contributed by atoms with Gasteiger partial charge in [-0.25, -0.2) is 4.39 Å². The molecule has 0 radical (unpaired) electrons. The summed E-state index contributed by atoms with van der Waals surface area (Å²) in [5.41, 5.74) is 1.17. The number of β-amino-alcohol motifs (C(OH)–C–C–N with tert-alkyl or cyclic N) is 1. The zero-order valence-electron chi connectivity index (χ0n) is 14.2. The van der Waals surface area contributed by atoms with Gasteiger partial charge in [-0.2, -0.15) is 0 Å². The largest absolute Gasteiger partial charge is 0.389 e. The molecule has 1 aromatic rings. The van der Waals surface area contributed by atoms with Gasteiger partial charge in [0.05, 0.1) is 12.7 Å². The van der Waals surface area contributed by atoms with Crippen molar-refractivity contribution in [3.05, 3.63) is 35.6 Å². The number of nitrogens with zero attached hydrogens (tertiary/aromatic N) is 1. The topological polar surface area (TPSA) is 44.7 Å². The number of ether oxygens (including phenoxy) is 1. The maximum absolute atomic E-state index is 13.0. The van der Waals surface area contributed by atoms with Crippen LogP contribution < -0.4 is 5.32 Å². The van der Waals surface area contributed by atoms with Crippen molar-refractivity contribution in [3.63, 3.8) is 0 Å². The van der Waals surface area contributed by atoms with Gasteiger partial charge < -0.3 is 20.1 Å². The zero-order valence-corrected chi connectivity index (χ0v) is 14.2. The number of hydrogen-bond acceptors (Lipinski definition) is 4. The van der Waals surface area contributed by atoms with E-state index < -0.39 is 6.10 Å². The SMILES string of the molecule is COCC(O)CN1CCC(NCC(C)c2ccc(F)cc2)CC1. The first-order valence-electron chi connectivity index (χ1n) is 8.46. The molecule has 1 aromatic carbocycles. The van der Waals surface area contributed by atoms with Crippen LogP contribution in [0.1, 0.15) is 31.2 Å². The van der Waals surface area contributed by atoms with Crippen LogP contribution in [0.25, 0.3) is 0 Å². The monoisotopic (exact) mass is 324 g/mol. The summed E-state index contributed by atoms with van der Waals surface area (Å²) < 4.78 is 17.9. The molecule has 0 spiro atoms. The number of halogens is 1. The Morgan fingerprint density at radius 2 is 1.96 bits per heavy atom. The van der Waals surface area contributed by atoms with E-state index in [1.165, 1.54) is 17.7 Å². The lowest BCUT2D eigenvalue weighted by atomic mass is 9.99. The molecule has 2 unspecified atom stereocenters. The van der Waals surface area contributed by atoms with E-state index in [0.717, 1.165) is 32.5 Å². The minimum Gasteiger partial charge on any atom is -0.389 e. The second-order valence-corrected chi connectivity index (χ2v) is 6.54. The van der Waals surface area contributed by atoms with Crippen LogP contribution in [0, 0.1) is 5.82 Å². The lowest BCUT2D eigenvalue weighted by Gasteiger charge is -2.34. The highest BCUT2D eigenvalue weighted by atomic mass is 19.1. The molecule has 1 fully saturated rings. The van der Waals surface area contributed by atoms with E-state index in [0.29, 0.717) is 25.1 Å². The lowest BCUT2D eigenvalue weighted by Crippen LogP contribution is -2.46. The van der Waals surface area contributed by atoms with Gasteiger partial charge in [0, 0.05) is 26.2 Å². The smallest absolute Gasteiger partial charge is 0.123 e. The van der Waals surface area contributed by atoms with Gasteiger partial charge in [0.25, 0.3) is 0 Å². The summed E-state index contributed by atoms with van der Waals surface area (Å²) in [7, 11) is 1.61.